The van der Waals surface area contributed by atoms with Gasteiger partial charge in [0, 0.05) is 5.70 Å². The van der Waals surface area contributed by atoms with Gasteiger partial charge in [-0.25, -0.2) is 0 Å². The third kappa shape index (κ3) is 2.41. The second kappa shape index (κ2) is 3.12. The Bertz CT molecular complexity index is 177. The van der Waals surface area contributed by atoms with Crippen LogP contribution in [0.4, 0.5) is 0 Å². The van der Waals surface area contributed by atoms with Gasteiger partial charge in [-0.05, 0) is 23.8 Å². The highest BCUT2D eigenvalue weighted by atomic mass is 14.6. The first-order valence-corrected chi connectivity index (χ1v) is 4.24. The summed E-state index contributed by atoms with van der Waals surface area (Å²) in [5.74, 6) is 1.47. The van der Waals surface area contributed by atoms with Crippen molar-refractivity contribution in [3.05, 3.63) is 24.4 Å². The van der Waals surface area contributed by atoms with Crippen LogP contribution in [0.3, 0.4) is 0 Å². The van der Waals surface area contributed by atoms with Gasteiger partial charge in [-0.15, -0.1) is 0 Å². The maximum absolute atomic E-state index is 5.54. The number of hydrogen-bond donors (Lipinski definition) is 1. The van der Waals surface area contributed by atoms with Gasteiger partial charge in [0.05, 0.1) is 0 Å². The summed E-state index contributed by atoms with van der Waals surface area (Å²) in [4.78, 5) is 0. The van der Waals surface area contributed by atoms with Crippen LogP contribution < -0.4 is 5.73 Å². The molecule has 0 radical (unpaired) electrons. The molecule has 1 heteroatoms. The minimum absolute atomic E-state index is 0.528. The highest BCUT2D eigenvalue weighted by Crippen LogP contribution is 2.37. The molecule has 0 saturated heterocycles. The Kier molecular flexibility index (Phi) is 2.38. The molecule has 0 aromatic carbocycles. The average Bonchev–Trinajstić information content (AvgIpc) is 2.69. The number of nitrogens with two attached hydrogens (primary N) is 1. The number of rotatable bonds is 4. The van der Waals surface area contributed by atoms with Crippen molar-refractivity contribution >= 4 is 0 Å². The van der Waals surface area contributed by atoms with E-state index in [2.05, 4.69) is 20.1 Å². The third-order valence-electron chi connectivity index (χ3n) is 2.39. The molecule has 1 saturated carbocycles. The lowest BCUT2D eigenvalue weighted by atomic mass is 9.95. The van der Waals surface area contributed by atoms with Gasteiger partial charge in [0.15, 0.2) is 0 Å². The Morgan fingerprint density at radius 2 is 2.09 bits per heavy atom. The fourth-order valence-corrected chi connectivity index (χ4v) is 1.31. The topological polar surface area (TPSA) is 26.0 Å². The van der Waals surface area contributed by atoms with Crippen LogP contribution in [0.15, 0.2) is 24.4 Å². The van der Waals surface area contributed by atoms with E-state index in [1.807, 2.05) is 0 Å². The highest BCUT2D eigenvalue weighted by Gasteiger charge is 2.24. The van der Waals surface area contributed by atoms with Gasteiger partial charge in [-0.1, -0.05) is 32.9 Å². The molecule has 11 heavy (non-hydrogen) atoms. The van der Waals surface area contributed by atoms with E-state index < -0.39 is 0 Å². The summed E-state index contributed by atoms with van der Waals surface area (Å²) in [7, 11) is 0. The van der Waals surface area contributed by atoms with E-state index >= 15 is 0 Å². The van der Waals surface area contributed by atoms with Crippen molar-refractivity contribution < 1.29 is 0 Å². The Labute approximate surface area is 69.0 Å². The minimum Gasteiger partial charge on any atom is -0.399 e. The number of allylic oxidation sites excluding steroid dienone is 1. The summed E-state index contributed by atoms with van der Waals surface area (Å²) in [5.41, 5.74) is 7.21. The summed E-state index contributed by atoms with van der Waals surface area (Å²) < 4.78 is 0. The lowest BCUT2D eigenvalue weighted by Gasteiger charge is -2.13. The minimum atomic E-state index is 0.528. The molecular weight excluding hydrogens is 134 g/mol. The molecule has 0 aliphatic heterocycles. The van der Waals surface area contributed by atoms with Crippen LogP contribution in [0, 0.1) is 11.8 Å². The van der Waals surface area contributed by atoms with Crippen molar-refractivity contribution in [3.8, 4) is 0 Å². The Morgan fingerprint density at radius 3 is 2.45 bits per heavy atom. The van der Waals surface area contributed by atoms with Gasteiger partial charge >= 0.3 is 0 Å². The van der Waals surface area contributed by atoms with Crippen LogP contribution in [0.1, 0.15) is 26.2 Å². The summed E-state index contributed by atoms with van der Waals surface area (Å²) >= 11 is 0. The molecule has 1 rings (SSSR count). The van der Waals surface area contributed by atoms with E-state index in [1.54, 1.807) is 0 Å². The molecule has 1 atom stereocenters. The van der Waals surface area contributed by atoms with Crippen LogP contribution in [0.2, 0.25) is 0 Å². The van der Waals surface area contributed by atoms with Crippen molar-refractivity contribution in [2.24, 2.45) is 17.6 Å². The van der Waals surface area contributed by atoms with Gasteiger partial charge in [0.25, 0.3) is 0 Å². The van der Waals surface area contributed by atoms with Gasteiger partial charge in [-0.2, -0.15) is 0 Å². The van der Waals surface area contributed by atoms with Crippen molar-refractivity contribution in [2.75, 3.05) is 0 Å². The predicted molar refractivity (Wildman–Crippen MR) is 49.0 cm³/mol. The number of hydrogen-bond acceptors (Lipinski definition) is 1. The molecule has 1 nitrogen and oxygen atoms in total. The van der Waals surface area contributed by atoms with Gasteiger partial charge < -0.3 is 5.73 Å². The maximum Gasteiger partial charge on any atom is 0.0270 e. The lowest BCUT2D eigenvalue weighted by Crippen LogP contribution is -2.07. The Morgan fingerprint density at radius 1 is 1.55 bits per heavy atom. The standard InChI is InChI=1S/C10H17N/c1-7(6-10-4-5-10)8(2)9(3)11/h7,10H,2-6,11H2,1H3. The van der Waals surface area contributed by atoms with E-state index in [0.29, 0.717) is 11.6 Å². The largest absolute Gasteiger partial charge is 0.399 e. The van der Waals surface area contributed by atoms with E-state index in [0.717, 1.165) is 11.5 Å². The smallest absolute Gasteiger partial charge is 0.0270 e. The first-order valence-electron chi connectivity index (χ1n) is 4.24. The molecule has 0 aromatic rings. The molecule has 0 amide bonds. The second-order valence-electron chi connectivity index (χ2n) is 3.63. The van der Waals surface area contributed by atoms with Crippen LogP contribution in [0.25, 0.3) is 0 Å². The SMILES string of the molecule is C=C(N)C(=C)C(C)CC1CC1. The molecule has 2 N–H and O–H groups in total. The van der Waals surface area contributed by atoms with Crippen molar-refractivity contribution in [3.63, 3.8) is 0 Å². The Hall–Kier alpha value is -0.720. The van der Waals surface area contributed by atoms with Gasteiger partial charge in [0.1, 0.15) is 0 Å². The zero-order valence-corrected chi connectivity index (χ0v) is 7.27. The molecule has 0 spiro atoms. The lowest BCUT2D eigenvalue weighted by molar-refractivity contribution is 0.569. The summed E-state index contributed by atoms with van der Waals surface area (Å²) in [6, 6.07) is 0. The zero-order valence-electron chi connectivity index (χ0n) is 7.27. The summed E-state index contributed by atoms with van der Waals surface area (Å²) in [6.07, 6.45) is 4.04. The third-order valence-corrected chi connectivity index (χ3v) is 2.39. The fourth-order valence-electron chi connectivity index (χ4n) is 1.31. The molecule has 1 unspecified atom stereocenters. The van der Waals surface area contributed by atoms with E-state index in [9.17, 15) is 0 Å². The molecule has 1 aliphatic carbocycles. The van der Waals surface area contributed by atoms with Gasteiger partial charge in [0.2, 0.25) is 0 Å². The zero-order chi connectivity index (χ0) is 8.43. The molecular formula is C10H17N. The quantitative estimate of drug-likeness (QED) is 0.614. The summed E-state index contributed by atoms with van der Waals surface area (Å²) in [5, 5.41) is 0. The van der Waals surface area contributed by atoms with Crippen molar-refractivity contribution in [1.29, 1.82) is 0 Å². The van der Waals surface area contributed by atoms with Crippen LogP contribution in [-0.2, 0) is 0 Å². The highest BCUT2D eigenvalue weighted by molar-refractivity contribution is 5.24. The maximum atomic E-state index is 5.54. The molecule has 0 bridgehead atoms. The monoisotopic (exact) mass is 151 g/mol. The predicted octanol–water partition coefficient (Wildman–Crippen LogP) is 2.45. The molecule has 62 valence electrons. The molecule has 1 fully saturated rings. The van der Waals surface area contributed by atoms with Crippen LogP contribution in [0.5, 0.6) is 0 Å². The molecule has 0 heterocycles. The summed E-state index contributed by atoms with van der Waals surface area (Å²) in [6.45, 7) is 9.77. The average molecular weight is 151 g/mol. The van der Waals surface area contributed by atoms with Crippen LogP contribution in [-0.4, -0.2) is 0 Å². The molecule has 1 aliphatic rings. The van der Waals surface area contributed by atoms with Gasteiger partial charge in [-0.3, -0.25) is 0 Å². The second-order valence-corrected chi connectivity index (χ2v) is 3.63. The van der Waals surface area contributed by atoms with Crippen molar-refractivity contribution in [1.82, 2.24) is 0 Å². The Balaban J connectivity index is 2.32. The van der Waals surface area contributed by atoms with Crippen molar-refractivity contribution in [2.45, 2.75) is 26.2 Å². The molecule has 0 aromatic heterocycles. The van der Waals surface area contributed by atoms with Crippen LogP contribution >= 0.6 is 0 Å². The fraction of sp³-hybridized carbons (Fsp3) is 0.600. The van der Waals surface area contributed by atoms with E-state index in [1.165, 1.54) is 19.3 Å². The normalized spacial score (nSPS) is 19.4. The first-order chi connectivity index (χ1) is 5.11. The van der Waals surface area contributed by atoms with E-state index in [4.69, 9.17) is 5.73 Å². The van der Waals surface area contributed by atoms with E-state index in [-0.39, 0.29) is 0 Å². The first kappa shape index (κ1) is 8.38.